The molecule has 0 spiro atoms. The Morgan fingerprint density at radius 3 is 2.75 bits per heavy atom. The largest absolute Gasteiger partial charge is 0.376 e. The highest BCUT2D eigenvalue weighted by Crippen LogP contribution is 2.29. The fourth-order valence-corrected chi connectivity index (χ4v) is 2.34. The summed E-state index contributed by atoms with van der Waals surface area (Å²) in [5, 5.41) is 0. The molecule has 0 aromatic heterocycles. The van der Waals surface area contributed by atoms with Gasteiger partial charge in [-0.1, -0.05) is 12.1 Å². The summed E-state index contributed by atoms with van der Waals surface area (Å²) < 4.78 is 0. The Kier molecular flexibility index (Phi) is 3.34. The Bertz CT molecular complexity index is 349. The van der Waals surface area contributed by atoms with E-state index in [1.54, 1.807) is 0 Å². The van der Waals surface area contributed by atoms with Crippen molar-refractivity contribution in [2.45, 2.75) is 18.9 Å². The summed E-state index contributed by atoms with van der Waals surface area (Å²) in [5.74, 6) is 0. The highest BCUT2D eigenvalue weighted by molar-refractivity contribution is 5.70. The summed E-state index contributed by atoms with van der Waals surface area (Å²) in [6, 6.07) is 8.86. The first kappa shape index (κ1) is 11.3. The van der Waals surface area contributed by atoms with Crippen LogP contribution in [0.5, 0.6) is 0 Å². The molecule has 0 amide bonds. The molecule has 2 rings (SSSR count). The van der Waals surface area contributed by atoms with Gasteiger partial charge in [-0.25, -0.2) is 0 Å². The molecule has 1 atom stereocenters. The zero-order valence-electron chi connectivity index (χ0n) is 10.2. The van der Waals surface area contributed by atoms with Gasteiger partial charge in [0.1, 0.15) is 0 Å². The van der Waals surface area contributed by atoms with E-state index < -0.39 is 0 Å². The summed E-state index contributed by atoms with van der Waals surface area (Å²) >= 11 is 0. The number of hydrogen-bond acceptors (Lipinski definition) is 3. The molecule has 88 valence electrons. The molecule has 3 heteroatoms. The van der Waals surface area contributed by atoms with Gasteiger partial charge in [-0.2, -0.15) is 0 Å². The van der Waals surface area contributed by atoms with Crippen molar-refractivity contribution < 1.29 is 0 Å². The van der Waals surface area contributed by atoms with Crippen LogP contribution in [0.3, 0.4) is 0 Å². The normalized spacial score (nSPS) is 20.9. The van der Waals surface area contributed by atoms with Crippen molar-refractivity contribution in [1.29, 1.82) is 0 Å². The monoisotopic (exact) mass is 219 g/mol. The van der Waals surface area contributed by atoms with Gasteiger partial charge in [-0.05, 0) is 25.0 Å². The maximum absolute atomic E-state index is 6.03. The average molecular weight is 219 g/mol. The van der Waals surface area contributed by atoms with Crippen LogP contribution in [0.25, 0.3) is 0 Å². The van der Waals surface area contributed by atoms with Crippen LogP contribution in [0.1, 0.15) is 12.8 Å². The molecular weight excluding hydrogens is 198 g/mol. The zero-order valence-corrected chi connectivity index (χ0v) is 10.2. The van der Waals surface area contributed by atoms with Crippen LogP contribution in [-0.4, -0.2) is 33.2 Å². The molecule has 1 heterocycles. The summed E-state index contributed by atoms with van der Waals surface area (Å²) in [6.07, 6.45) is 2.35. The predicted molar refractivity (Wildman–Crippen MR) is 70.2 cm³/mol. The summed E-state index contributed by atoms with van der Waals surface area (Å²) in [4.78, 5) is 4.57. The van der Waals surface area contributed by atoms with E-state index in [2.05, 4.69) is 48.2 Å². The van der Waals surface area contributed by atoms with Crippen molar-refractivity contribution in [2.75, 3.05) is 37.0 Å². The molecule has 1 aliphatic rings. The molecule has 1 unspecified atom stereocenters. The molecule has 1 saturated heterocycles. The van der Waals surface area contributed by atoms with Crippen LogP contribution < -0.4 is 15.5 Å². The number of para-hydroxylation sites is 2. The second kappa shape index (κ2) is 4.74. The number of nitrogens with two attached hydrogens (primary N) is 1. The molecule has 0 radical (unpaired) electrons. The predicted octanol–water partition coefficient (Wildman–Crippen LogP) is 1.68. The Morgan fingerprint density at radius 1 is 1.31 bits per heavy atom. The van der Waals surface area contributed by atoms with Crippen LogP contribution in [0.2, 0.25) is 0 Å². The van der Waals surface area contributed by atoms with Crippen LogP contribution in [0.4, 0.5) is 11.4 Å². The molecule has 0 bridgehead atoms. The van der Waals surface area contributed by atoms with Gasteiger partial charge in [-0.3, -0.25) is 0 Å². The minimum atomic E-state index is 0.323. The van der Waals surface area contributed by atoms with Crippen LogP contribution in [-0.2, 0) is 0 Å². The maximum atomic E-state index is 6.03. The molecule has 1 aromatic rings. The van der Waals surface area contributed by atoms with Crippen LogP contribution >= 0.6 is 0 Å². The third-order valence-corrected chi connectivity index (χ3v) is 3.16. The minimum Gasteiger partial charge on any atom is -0.376 e. The van der Waals surface area contributed by atoms with Crippen molar-refractivity contribution in [2.24, 2.45) is 5.73 Å². The zero-order chi connectivity index (χ0) is 11.5. The van der Waals surface area contributed by atoms with Gasteiger partial charge in [0.25, 0.3) is 0 Å². The number of anilines is 2. The SMILES string of the molecule is CN(C)c1ccccc1N1CCCC(N)C1. The summed E-state index contributed by atoms with van der Waals surface area (Å²) in [5.41, 5.74) is 8.62. The lowest BCUT2D eigenvalue weighted by Crippen LogP contribution is -2.43. The number of piperidine rings is 1. The van der Waals surface area contributed by atoms with E-state index in [-0.39, 0.29) is 0 Å². The van der Waals surface area contributed by atoms with Gasteiger partial charge >= 0.3 is 0 Å². The Hall–Kier alpha value is -1.22. The second-order valence-corrected chi connectivity index (χ2v) is 4.73. The molecule has 1 aliphatic heterocycles. The number of hydrogen-bond donors (Lipinski definition) is 1. The van der Waals surface area contributed by atoms with Crippen molar-refractivity contribution in [3.63, 3.8) is 0 Å². The lowest BCUT2D eigenvalue weighted by Gasteiger charge is -2.35. The first-order valence-electron chi connectivity index (χ1n) is 5.95. The number of nitrogens with zero attached hydrogens (tertiary/aromatic N) is 2. The Balaban J connectivity index is 2.25. The van der Waals surface area contributed by atoms with Gasteiger partial charge in [0.05, 0.1) is 11.4 Å². The van der Waals surface area contributed by atoms with E-state index in [1.807, 2.05) is 0 Å². The van der Waals surface area contributed by atoms with Crippen LogP contribution in [0.15, 0.2) is 24.3 Å². The molecule has 0 aliphatic carbocycles. The van der Waals surface area contributed by atoms with E-state index >= 15 is 0 Å². The first-order valence-corrected chi connectivity index (χ1v) is 5.95. The molecule has 16 heavy (non-hydrogen) atoms. The number of benzene rings is 1. The topological polar surface area (TPSA) is 32.5 Å². The average Bonchev–Trinajstić information content (AvgIpc) is 2.29. The van der Waals surface area contributed by atoms with Crippen LogP contribution in [0, 0.1) is 0 Å². The van der Waals surface area contributed by atoms with E-state index in [4.69, 9.17) is 5.73 Å². The molecule has 2 N–H and O–H groups in total. The quantitative estimate of drug-likeness (QED) is 0.821. The van der Waals surface area contributed by atoms with Crippen molar-refractivity contribution in [3.8, 4) is 0 Å². The standard InChI is InChI=1S/C13H21N3/c1-15(2)12-7-3-4-8-13(12)16-9-5-6-11(14)10-16/h3-4,7-8,11H,5-6,9-10,14H2,1-2H3. The van der Waals surface area contributed by atoms with E-state index in [0.717, 1.165) is 19.5 Å². The van der Waals surface area contributed by atoms with Gasteiger partial charge in [0.15, 0.2) is 0 Å². The number of rotatable bonds is 2. The van der Waals surface area contributed by atoms with Gasteiger partial charge in [0, 0.05) is 33.2 Å². The van der Waals surface area contributed by atoms with E-state index in [0.29, 0.717) is 6.04 Å². The highest BCUT2D eigenvalue weighted by atomic mass is 15.2. The van der Waals surface area contributed by atoms with Crippen molar-refractivity contribution >= 4 is 11.4 Å². The van der Waals surface area contributed by atoms with Gasteiger partial charge in [-0.15, -0.1) is 0 Å². The minimum absolute atomic E-state index is 0.323. The molecular formula is C13H21N3. The summed E-state index contributed by atoms with van der Waals surface area (Å²) in [7, 11) is 4.17. The second-order valence-electron chi connectivity index (χ2n) is 4.73. The fourth-order valence-electron chi connectivity index (χ4n) is 2.34. The lowest BCUT2D eigenvalue weighted by atomic mass is 10.1. The third-order valence-electron chi connectivity index (χ3n) is 3.16. The molecule has 0 saturated carbocycles. The summed E-state index contributed by atoms with van der Waals surface area (Å²) in [6.45, 7) is 2.10. The van der Waals surface area contributed by atoms with E-state index in [1.165, 1.54) is 17.8 Å². The van der Waals surface area contributed by atoms with Crippen molar-refractivity contribution in [3.05, 3.63) is 24.3 Å². The molecule has 1 fully saturated rings. The Labute approximate surface area is 97.8 Å². The highest BCUT2D eigenvalue weighted by Gasteiger charge is 2.19. The first-order chi connectivity index (χ1) is 7.68. The Morgan fingerprint density at radius 2 is 2.06 bits per heavy atom. The molecule has 3 nitrogen and oxygen atoms in total. The van der Waals surface area contributed by atoms with Gasteiger partial charge in [0.2, 0.25) is 0 Å². The smallest absolute Gasteiger partial charge is 0.0604 e. The maximum Gasteiger partial charge on any atom is 0.0604 e. The molecule has 1 aromatic carbocycles. The van der Waals surface area contributed by atoms with Gasteiger partial charge < -0.3 is 15.5 Å². The van der Waals surface area contributed by atoms with E-state index in [9.17, 15) is 0 Å². The van der Waals surface area contributed by atoms with Crippen molar-refractivity contribution in [1.82, 2.24) is 0 Å². The third kappa shape index (κ3) is 2.30. The lowest BCUT2D eigenvalue weighted by molar-refractivity contribution is 0.506. The fraction of sp³-hybridized carbons (Fsp3) is 0.538.